The molecule has 0 spiro atoms. The fourth-order valence-corrected chi connectivity index (χ4v) is 4.69. The molecule has 206 valence electrons. The number of hydrogen-bond acceptors (Lipinski definition) is 5. The highest BCUT2D eigenvalue weighted by Gasteiger charge is 2.40. The number of unbranched alkanes of at least 4 members (excludes halogenated alkanes) is 1. The number of hydrogen-bond donors (Lipinski definition) is 3. The number of fused-ring (bicyclic) bond motifs is 1. The van der Waals surface area contributed by atoms with Crippen LogP contribution in [0.2, 0.25) is 5.02 Å². The standard InChI is InChI=1S/C29H37ClN2O6/c1-18-8-7-9-21(19(18)2)27-22-14-20(30)11-12-23(22)32(16-29(3,4)17-33)28(37)24(38-27)15-25(34)31-13-6-5-10-26(35)36/h7-9,11-12,14,24,27,33H,5-6,10,13,15-17H2,1-4H3,(H,31,34)(H,35,36)/t24-,27-/m1/s1. The van der Waals surface area contributed by atoms with Crippen LogP contribution in [0.15, 0.2) is 36.4 Å². The quantitative estimate of drug-likeness (QED) is 0.357. The molecule has 38 heavy (non-hydrogen) atoms. The summed E-state index contributed by atoms with van der Waals surface area (Å²) in [6.07, 6.45) is -0.930. The second-order valence-electron chi connectivity index (χ2n) is 10.6. The van der Waals surface area contributed by atoms with Crippen LogP contribution in [-0.4, -0.2) is 53.8 Å². The van der Waals surface area contributed by atoms with Gasteiger partial charge in [0.1, 0.15) is 12.2 Å². The number of ether oxygens (including phenoxy) is 1. The van der Waals surface area contributed by atoms with Crippen molar-refractivity contribution in [2.75, 3.05) is 24.6 Å². The van der Waals surface area contributed by atoms with Gasteiger partial charge in [-0.05, 0) is 61.6 Å². The molecule has 0 bridgehead atoms. The van der Waals surface area contributed by atoms with Crippen LogP contribution >= 0.6 is 11.6 Å². The molecule has 0 saturated carbocycles. The summed E-state index contributed by atoms with van der Waals surface area (Å²) in [5, 5.41) is 22.0. The number of benzene rings is 2. The van der Waals surface area contributed by atoms with E-state index >= 15 is 0 Å². The topological polar surface area (TPSA) is 116 Å². The molecule has 8 nitrogen and oxygen atoms in total. The summed E-state index contributed by atoms with van der Waals surface area (Å²) in [7, 11) is 0. The maximum Gasteiger partial charge on any atom is 0.303 e. The monoisotopic (exact) mass is 544 g/mol. The van der Waals surface area contributed by atoms with Crippen molar-refractivity contribution in [3.8, 4) is 0 Å². The summed E-state index contributed by atoms with van der Waals surface area (Å²) in [5.41, 5.74) is 3.69. The van der Waals surface area contributed by atoms with Crippen LogP contribution in [0.25, 0.3) is 0 Å². The number of carboxylic acids is 1. The Morgan fingerprint density at radius 3 is 2.55 bits per heavy atom. The Morgan fingerprint density at radius 1 is 1.13 bits per heavy atom. The Hall–Kier alpha value is -2.94. The Morgan fingerprint density at radius 2 is 1.87 bits per heavy atom. The van der Waals surface area contributed by atoms with E-state index in [2.05, 4.69) is 5.32 Å². The van der Waals surface area contributed by atoms with E-state index in [-0.39, 0.29) is 37.8 Å². The van der Waals surface area contributed by atoms with Crippen LogP contribution in [-0.2, 0) is 19.1 Å². The van der Waals surface area contributed by atoms with Gasteiger partial charge in [0, 0.05) is 47.8 Å². The fourth-order valence-electron chi connectivity index (χ4n) is 4.51. The molecule has 0 aliphatic carbocycles. The summed E-state index contributed by atoms with van der Waals surface area (Å²) in [6, 6.07) is 11.2. The zero-order valence-electron chi connectivity index (χ0n) is 22.4. The molecule has 2 atom stereocenters. The average molecular weight is 545 g/mol. The van der Waals surface area contributed by atoms with Gasteiger partial charge in [-0.25, -0.2) is 0 Å². The van der Waals surface area contributed by atoms with E-state index < -0.39 is 23.6 Å². The van der Waals surface area contributed by atoms with E-state index in [1.165, 1.54) is 0 Å². The van der Waals surface area contributed by atoms with Crippen LogP contribution in [0.3, 0.4) is 0 Å². The number of amides is 2. The van der Waals surface area contributed by atoms with E-state index in [4.69, 9.17) is 21.4 Å². The number of rotatable bonds is 11. The molecular formula is C29H37ClN2O6. The highest BCUT2D eigenvalue weighted by molar-refractivity contribution is 6.30. The molecule has 0 unspecified atom stereocenters. The van der Waals surface area contributed by atoms with Crippen molar-refractivity contribution in [1.29, 1.82) is 0 Å². The van der Waals surface area contributed by atoms with Crippen molar-refractivity contribution < 1.29 is 29.3 Å². The van der Waals surface area contributed by atoms with E-state index in [9.17, 15) is 19.5 Å². The van der Waals surface area contributed by atoms with Crippen LogP contribution < -0.4 is 10.2 Å². The van der Waals surface area contributed by atoms with Gasteiger partial charge in [-0.15, -0.1) is 0 Å². The molecule has 3 N–H and O–H groups in total. The smallest absolute Gasteiger partial charge is 0.303 e. The summed E-state index contributed by atoms with van der Waals surface area (Å²) in [5.74, 6) is -1.61. The Balaban J connectivity index is 1.99. The third-order valence-corrected chi connectivity index (χ3v) is 7.09. The van der Waals surface area contributed by atoms with Crippen molar-refractivity contribution in [2.24, 2.45) is 5.41 Å². The Labute approximate surface area is 228 Å². The number of carbonyl (C=O) groups excluding carboxylic acids is 2. The van der Waals surface area contributed by atoms with Crippen LogP contribution in [0.1, 0.15) is 67.9 Å². The minimum Gasteiger partial charge on any atom is -0.481 e. The summed E-state index contributed by atoms with van der Waals surface area (Å²) in [6.45, 7) is 8.12. The van der Waals surface area contributed by atoms with Gasteiger partial charge in [-0.2, -0.15) is 0 Å². The predicted octanol–water partition coefficient (Wildman–Crippen LogP) is 4.56. The molecule has 2 aromatic rings. The van der Waals surface area contributed by atoms with Crippen molar-refractivity contribution >= 4 is 35.1 Å². The Kier molecular flexibility index (Phi) is 9.93. The number of aryl methyl sites for hydroxylation is 1. The fraction of sp³-hybridized carbons (Fsp3) is 0.483. The minimum absolute atomic E-state index is 0.0358. The maximum atomic E-state index is 13.9. The van der Waals surface area contributed by atoms with Gasteiger partial charge in [0.2, 0.25) is 5.91 Å². The number of carboxylic acid groups (broad SMARTS) is 1. The first-order valence-electron chi connectivity index (χ1n) is 12.9. The van der Waals surface area contributed by atoms with E-state index in [1.807, 2.05) is 45.9 Å². The average Bonchev–Trinajstić information content (AvgIpc) is 2.95. The first-order valence-corrected chi connectivity index (χ1v) is 13.2. The van der Waals surface area contributed by atoms with Gasteiger partial charge in [0.15, 0.2) is 0 Å². The molecule has 0 aromatic heterocycles. The lowest BCUT2D eigenvalue weighted by molar-refractivity contribution is -0.138. The number of nitrogens with one attached hydrogen (secondary N) is 1. The minimum atomic E-state index is -1.08. The number of aliphatic carboxylic acids is 1. The van der Waals surface area contributed by atoms with Gasteiger partial charge in [-0.1, -0.05) is 43.6 Å². The lowest BCUT2D eigenvalue weighted by Gasteiger charge is -2.32. The third-order valence-electron chi connectivity index (χ3n) is 6.86. The summed E-state index contributed by atoms with van der Waals surface area (Å²) in [4.78, 5) is 39.1. The molecule has 0 radical (unpaired) electrons. The molecule has 0 saturated heterocycles. The first kappa shape index (κ1) is 29.6. The molecule has 1 aliphatic rings. The number of carbonyl (C=O) groups is 3. The third kappa shape index (κ3) is 7.34. The van der Waals surface area contributed by atoms with Gasteiger partial charge in [0.25, 0.3) is 5.91 Å². The van der Waals surface area contributed by atoms with Gasteiger partial charge in [-0.3, -0.25) is 14.4 Å². The lowest BCUT2D eigenvalue weighted by atomic mass is 9.91. The summed E-state index contributed by atoms with van der Waals surface area (Å²) < 4.78 is 6.48. The van der Waals surface area contributed by atoms with Gasteiger partial charge in [0.05, 0.1) is 6.42 Å². The number of nitrogens with zero attached hydrogens (tertiary/aromatic N) is 1. The van der Waals surface area contributed by atoms with Crippen LogP contribution in [0.5, 0.6) is 0 Å². The molecular weight excluding hydrogens is 508 g/mol. The maximum absolute atomic E-state index is 13.9. The first-order chi connectivity index (χ1) is 17.9. The predicted molar refractivity (Wildman–Crippen MR) is 146 cm³/mol. The number of anilines is 1. The SMILES string of the molecule is Cc1cccc([C@H]2O[C@H](CC(=O)NCCCCC(=O)O)C(=O)N(CC(C)(C)CO)c3ccc(Cl)cc32)c1C. The van der Waals surface area contributed by atoms with Gasteiger partial charge < -0.3 is 25.2 Å². The molecule has 2 aromatic carbocycles. The van der Waals surface area contributed by atoms with E-state index in [0.717, 1.165) is 16.7 Å². The highest BCUT2D eigenvalue weighted by atomic mass is 35.5. The highest BCUT2D eigenvalue weighted by Crippen LogP contribution is 2.42. The van der Waals surface area contributed by atoms with Crippen molar-refractivity contribution in [3.63, 3.8) is 0 Å². The second kappa shape index (κ2) is 12.7. The number of aliphatic hydroxyl groups excluding tert-OH is 1. The normalized spacial score (nSPS) is 17.6. The van der Waals surface area contributed by atoms with E-state index in [1.54, 1.807) is 23.1 Å². The molecule has 1 heterocycles. The zero-order chi connectivity index (χ0) is 28.0. The largest absolute Gasteiger partial charge is 0.481 e. The number of halogens is 1. The number of aliphatic hydroxyl groups is 1. The van der Waals surface area contributed by atoms with Crippen molar-refractivity contribution in [2.45, 2.75) is 65.6 Å². The molecule has 0 fully saturated rings. The molecule has 2 amide bonds. The van der Waals surface area contributed by atoms with Crippen LogP contribution in [0, 0.1) is 19.3 Å². The van der Waals surface area contributed by atoms with Crippen molar-refractivity contribution in [1.82, 2.24) is 5.32 Å². The Bertz CT molecular complexity index is 1180. The molecule has 9 heteroatoms. The molecule has 1 aliphatic heterocycles. The van der Waals surface area contributed by atoms with Crippen molar-refractivity contribution in [3.05, 3.63) is 63.7 Å². The lowest BCUT2D eigenvalue weighted by Crippen LogP contribution is -2.46. The van der Waals surface area contributed by atoms with Gasteiger partial charge >= 0.3 is 5.97 Å². The summed E-state index contributed by atoms with van der Waals surface area (Å²) >= 11 is 6.42. The van der Waals surface area contributed by atoms with E-state index in [0.29, 0.717) is 35.7 Å². The van der Waals surface area contributed by atoms with Crippen LogP contribution in [0.4, 0.5) is 5.69 Å². The molecule has 3 rings (SSSR count). The zero-order valence-corrected chi connectivity index (χ0v) is 23.2. The second-order valence-corrected chi connectivity index (χ2v) is 11.1.